The summed E-state index contributed by atoms with van der Waals surface area (Å²) >= 11 is 0. The summed E-state index contributed by atoms with van der Waals surface area (Å²) in [4.78, 5) is 25.7. The number of carbonyl (C=O) groups excluding carboxylic acids is 1. The minimum atomic E-state index is -0.755. The lowest BCUT2D eigenvalue weighted by Crippen LogP contribution is -2.43. The first-order valence-electron chi connectivity index (χ1n) is 9.83. The number of likely N-dealkylation sites (tertiary alicyclic amines) is 1. The lowest BCUT2D eigenvalue weighted by Gasteiger charge is -2.35. The van der Waals surface area contributed by atoms with Gasteiger partial charge in [0.05, 0.1) is 19.1 Å². The monoisotopic (exact) mass is 375 g/mol. The van der Waals surface area contributed by atoms with Crippen molar-refractivity contribution < 1.29 is 24.2 Å². The molecule has 0 radical (unpaired) electrons. The summed E-state index contributed by atoms with van der Waals surface area (Å²) in [6.45, 7) is 1.95. The molecule has 0 aromatic heterocycles. The van der Waals surface area contributed by atoms with E-state index in [2.05, 4.69) is 0 Å². The Labute approximate surface area is 160 Å². The van der Waals surface area contributed by atoms with Crippen LogP contribution in [0.3, 0.4) is 0 Å². The van der Waals surface area contributed by atoms with Gasteiger partial charge in [0.2, 0.25) is 5.91 Å². The van der Waals surface area contributed by atoms with Crippen LogP contribution in [0.1, 0.15) is 37.7 Å². The second-order valence-corrected chi connectivity index (χ2v) is 7.49. The van der Waals surface area contributed by atoms with E-state index >= 15 is 0 Å². The summed E-state index contributed by atoms with van der Waals surface area (Å²) in [5.74, 6) is 0.145. The first-order valence-corrected chi connectivity index (χ1v) is 9.83. The van der Waals surface area contributed by atoms with Crippen LogP contribution < -0.4 is 4.74 Å². The summed E-state index contributed by atoms with van der Waals surface area (Å²) in [5.41, 5.74) is 1.21. The molecule has 2 aliphatic rings. The van der Waals surface area contributed by atoms with E-state index in [0.717, 1.165) is 31.4 Å². The number of rotatable bonds is 7. The van der Waals surface area contributed by atoms with Crippen molar-refractivity contribution in [3.05, 3.63) is 29.8 Å². The van der Waals surface area contributed by atoms with E-state index in [-0.39, 0.29) is 23.8 Å². The molecule has 27 heavy (non-hydrogen) atoms. The second-order valence-electron chi connectivity index (χ2n) is 7.49. The summed E-state index contributed by atoms with van der Waals surface area (Å²) in [5, 5.41) is 9.32. The summed E-state index contributed by atoms with van der Waals surface area (Å²) in [7, 11) is 1.65. The van der Waals surface area contributed by atoms with Crippen molar-refractivity contribution >= 4 is 11.9 Å². The van der Waals surface area contributed by atoms with E-state index in [1.54, 1.807) is 7.11 Å². The summed E-state index contributed by atoms with van der Waals surface area (Å²) < 4.78 is 10.9. The fraction of sp³-hybridized carbons (Fsp3) is 0.619. The average molecular weight is 375 g/mol. The van der Waals surface area contributed by atoms with Crippen molar-refractivity contribution in [3.8, 4) is 5.75 Å². The lowest BCUT2D eigenvalue weighted by atomic mass is 9.84. The number of nitrogens with zero attached hydrogens (tertiary/aromatic N) is 1. The SMILES string of the molecule is COc1ccc(CCCC(=O)N2CCC([C@@H]3OCCC3C(=O)O)CC2)cc1. The number of hydrogen-bond acceptors (Lipinski definition) is 4. The number of carbonyl (C=O) groups is 2. The molecule has 2 heterocycles. The molecule has 1 aromatic carbocycles. The van der Waals surface area contributed by atoms with Crippen molar-refractivity contribution in [2.24, 2.45) is 11.8 Å². The third kappa shape index (κ3) is 5.01. The number of methoxy groups -OCH3 is 1. The number of piperidine rings is 1. The lowest BCUT2D eigenvalue weighted by molar-refractivity contribution is -0.146. The van der Waals surface area contributed by atoms with Crippen molar-refractivity contribution in [2.75, 3.05) is 26.8 Å². The number of ether oxygens (including phenoxy) is 2. The summed E-state index contributed by atoms with van der Waals surface area (Å²) in [6.07, 6.45) is 4.34. The molecule has 1 amide bonds. The highest BCUT2D eigenvalue weighted by Gasteiger charge is 2.40. The van der Waals surface area contributed by atoms with Gasteiger partial charge in [0.1, 0.15) is 5.75 Å². The van der Waals surface area contributed by atoms with Crippen LogP contribution in [0.5, 0.6) is 5.75 Å². The molecule has 0 saturated carbocycles. The van der Waals surface area contributed by atoms with Crippen molar-refractivity contribution in [3.63, 3.8) is 0 Å². The normalized spacial score (nSPS) is 23.4. The zero-order valence-electron chi connectivity index (χ0n) is 15.9. The molecule has 2 aliphatic heterocycles. The minimum Gasteiger partial charge on any atom is -0.497 e. The number of aliphatic carboxylic acids is 1. The Morgan fingerprint density at radius 1 is 1.19 bits per heavy atom. The van der Waals surface area contributed by atoms with Crippen molar-refractivity contribution in [1.29, 1.82) is 0 Å². The zero-order chi connectivity index (χ0) is 19.2. The number of hydrogen-bond donors (Lipinski definition) is 1. The van der Waals surface area contributed by atoms with Gasteiger partial charge in [-0.2, -0.15) is 0 Å². The van der Waals surface area contributed by atoms with Gasteiger partial charge in [-0.25, -0.2) is 0 Å². The van der Waals surface area contributed by atoms with E-state index < -0.39 is 5.97 Å². The molecule has 1 N–H and O–H groups in total. The van der Waals surface area contributed by atoms with Crippen LogP contribution in [0.15, 0.2) is 24.3 Å². The predicted molar refractivity (Wildman–Crippen MR) is 101 cm³/mol. The van der Waals surface area contributed by atoms with Gasteiger partial charge in [-0.05, 0) is 55.7 Å². The van der Waals surface area contributed by atoms with Crippen LogP contribution in [-0.2, 0) is 20.7 Å². The Hall–Kier alpha value is -2.08. The van der Waals surface area contributed by atoms with E-state index in [9.17, 15) is 14.7 Å². The molecular formula is C21H29NO5. The van der Waals surface area contributed by atoms with Crippen LogP contribution >= 0.6 is 0 Å². The number of benzene rings is 1. The Balaban J connectivity index is 1.40. The molecule has 0 spiro atoms. The van der Waals surface area contributed by atoms with Crippen LogP contribution in [0.25, 0.3) is 0 Å². The molecule has 6 heteroatoms. The van der Waals surface area contributed by atoms with Gasteiger partial charge >= 0.3 is 5.97 Å². The molecule has 1 unspecified atom stereocenters. The maximum Gasteiger partial charge on any atom is 0.309 e. The first-order chi connectivity index (χ1) is 13.1. The topological polar surface area (TPSA) is 76.1 Å². The van der Waals surface area contributed by atoms with E-state index in [1.165, 1.54) is 5.56 Å². The standard InChI is InChI=1S/C21H29NO5/c1-26-17-7-5-15(6-8-17)3-2-4-19(23)22-12-9-16(10-13-22)20-18(21(24)25)11-14-27-20/h5-8,16,18,20H,2-4,9-14H2,1H3,(H,24,25)/t18?,20-/m0/s1. The van der Waals surface area contributed by atoms with Gasteiger partial charge in [-0.15, -0.1) is 0 Å². The fourth-order valence-corrected chi connectivity index (χ4v) is 4.21. The van der Waals surface area contributed by atoms with E-state index in [1.807, 2.05) is 29.2 Å². The number of carboxylic acid groups (broad SMARTS) is 1. The highest BCUT2D eigenvalue weighted by Crippen LogP contribution is 2.33. The van der Waals surface area contributed by atoms with Gasteiger partial charge in [0, 0.05) is 26.1 Å². The quantitative estimate of drug-likeness (QED) is 0.793. The van der Waals surface area contributed by atoms with Crippen LogP contribution in [0.4, 0.5) is 0 Å². The maximum atomic E-state index is 12.5. The number of carboxylic acids is 1. The van der Waals surface area contributed by atoms with E-state index in [4.69, 9.17) is 9.47 Å². The van der Waals surface area contributed by atoms with Gasteiger partial charge in [-0.1, -0.05) is 12.1 Å². The highest BCUT2D eigenvalue weighted by atomic mass is 16.5. The Bertz CT molecular complexity index is 636. The Morgan fingerprint density at radius 3 is 2.52 bits per heavy atom. The van der Waals surface area contributed by atoms with Crippen LogP contribution in [0.2, 0.25) is 0 Å². The Morgan fingerprint density at radius 2 is 1.89 bits per heavy atom. The van der Waals surface area contributed by atoms with Crippen LogP contribution in [0, 0.1) is 11.8 Å². The van der Waals surface area contributed by atoms with Gasteiger partial charge in [0.15, 0.2) is 0 Å². The molecule has 1 aromatic rings. The minimum absolute atomic E-state index is 0.185. The third-order valence-corrected chi connectivity index (χ3v) is 5.83. The molecule has 6 nitrogen and oxygen atoms in total. The van der Waals surface area contributed by atoms with Gasteiger partial charge in [0.25, 0.3) is 0 Å². The van der Waals surface area contributed by atoms with E-state index in [0.29, 0.717) is 32.5 Å². The smallest absolute Gasteiger partial charge is 0.309 e. The maximum absolute atomic E-state index is 12.5. The largest absolute Gasteiger partial charge is 0.497 e. The molecule has 2 atom stereocenters. The molecule has 3 rings (SSSR count). The predicted octanol–water partition coefficient (Wildman–Crippen LogP) is 2.75. The first kappa shape index (κ1) is 19.7. The van der Waals surface area contributed by atoms with Gasteiger partial charge in [-0.3, -0.25) is 9.59 Å². The third-order valence-electron chi connectivity index (χ3n) is 5.83. The highest BCUT2D eigenvalue weighted by molar-refractivity contribution is 5.76. The van der Waals surface area contributed by atoms with Crippen molar-refractivity contribution in [1.82, 2.24) is 4.90 Å². The molecule has 0 bridgehead atoms. The van der Waals surface area contributed by atoms with Gasteiger partial charge < -0.3 is 19.5 Å². The Kier molecular flexibility index (Phi) is 6.72. The number of amides is 1. The molecule has 2 saturated heterocycles. The summed E-state index contributed by atoms with van der Waals surface area (Å²) in [6, 6.07) is 7.96. The zero-order valence-corrected chi connectivity index (χ0v) is 15.9. The molecule has 2 fully saturated rings. The second kappa shape index (κ2) is 9.22. The fourth-order valence-electron chi connectivity index (χ4n) is 4.21. The molecule has 0 aliphatic carbocycles. The average Bonchev–Trinajstić information content (AvgIpc) is 3.19. The van der Waals surface area contributed by atoms with Crippen molar-refractivity contribution in [2.45, 2.75) is 44.6 Å². The molecular weight excluding hydrogens is 346 g/mol. The number of aryl methyl sites for hydroxylation is 1. The molecule has 148 valence electrons. The van der Waals surface area contributed by atoms with Crippen LogP contribution in [-0.4, -0.2) is 54.8 Å².